The maximum atomic E-state index is 14.4. The molecule has 2 heterocycles. The maximum Gasteiger partial charge on any atom is 0.418 e. The van der Waals surface area contributed by atoms with Crippen molar-refractivity contribution in [2.75, 3.05) is 11.9 Å². The minimum absolute atomic E-state index is 0.0284. The van der Waals surface area contributed by atoms with E-state index < -0.39 is 66.2 Å². The first-order chi connectivity index (χ1) is 18.6. The molecule has 1 fully saturated rings. The number of para-hydroxylation sites is 1. The minimum Gasteiger partial charge on any atom is -0.471 e. The Bertz CT molecular complexity index is 1380. The van der Waals surface area contributed by atoms with Gasteiger partial charge in [-0.1, -0.05) is 6.07 Å². The fourth-order valence-corrected chi connectivity index (χ4v) is 4.45. The van der Waals surface area contributed by atoms with Crippen LogP contribution in [0.1, 0.15) is 41.6 Å². The van der Waals surface area contributed by atoms with E-state index in [0.29, 0.717) is 6.07 Å². The van der Waals surface area contributed by atoms with Crippen LogP contribution in [0.15, 0.2) is 24.3 Å². The summed E-state index contributed by atoms with van der Waals surface area (Å²) in [6, 6.07) is 2.81. The van der Waals surface area contributed by atoms with E-state index >= 15 is 0 Å². The van der Waals surface area contributed by atoms with Gasteiger partial charge in [-0.15, -0.1) is 0 Å². The van der Waals surface area contributed by atoms with Crippen LogP contribution < -0.4 is 15.4 Å². The first-order valence-electron chi connectivity index (χ1n) is 11.9. The van der Waals surface area contributed by atoms with E-state index in [9.17, 15) is 44.3 Å². The number of ether oxygens (including phenoxy) is 1. The largest absolute Gasteiger partial charge is 0.471 e. The summed E-state index contributed by atoms with van der Waals surface area (Å²) in [5, 5.41) is 4.82. The predicted octanol–water partition coefficient (Wildman–Crippen LogP) is 6.36. The Labute approximate surface area is 220 Å². The zero-order chi connectivity index (χ0) is 29.4. The zero-order valence-corrected chi connectivity index (χ0v) is 20.6. The molecule has 16 heteroatoms. The number of imidazole rings is 1. The van der Waals surface area contributed by atoms with Gasteiger partial charge in [0, 0.05) is 13.1 Å². The van der Waals surface area contributed by atoms with Crippen LogP contribution in [0.4, 0.5) is 51.1 Å². The molecule has 0 spiro atoms. The van der Waals surface area contributed by atoms with Crippen LogP contribution in [0.5, 0.6) is 5.88 Å². The molecule has 0 saturated heterocycles. The molecule has 4 rings (SSSR count). The molecule has 2 aromatic heterocycles. The average molecular weight is 583 g/mol. The Kier molecular flexibility index (Phi) is 8.08. The van der Waals surface area contributed by atoms with Gasteiger partial charge in [0.1, 0.15) is 16.9 Å². The summed E-state index contributed by atoms with van der Waals surface area (Å²) in [6.07, 6.45) is -12.6. The molecule has 0 atom stereocenters. The number of halogens is 9. The molecule has 218 valence electrons. The number of anilines is 2. The van der Waals surface area contributed by atoms with Crippen molar-refractivity contribution in [2.24, 2.45) is 13.0 Å². The van der Waals surface area contributed by atoms with E-state index in [2.05, 4.69) is 20.6 Å². The van der Waals surface area contributed by atoms with Gasteiger partial charge in [0.05, 0.1) is 17.2 Å². The summed E-state index contributed by atoms with van der Waals surface area (Å²) in [6.45, 7) is -1.15. The van der Waals surface area contributed by atoms with Gasteiger partial charge in [0.2, 0.25) is 11.8 Å². The quantitative estimate of drug-likeness (QED) is 0.317. The molecular weight excluding hydrogens is 561 g/mol. The van der Waals surface area contributed by atoms with Crippen molar-refractivity contribution in [2.45, 2.75) is 50.5 Å². The summed E-state index contributed by atoms with van der Waals surface area (Å²) in [4.78, 5) is 21.1. The second kappa shape index (κ2) is 11.0. The van der Waals surface area contributed by atoms with Gasteiger partial charge in [-0.05, 0) is 43.9 Å². The molecule has 0 bridgehead atoms. The second-order valence-electron chi connectivity index (χ2n) is 9.23. The van der Waals surface area contributed by atoms with E-state index in [0.717, 1.165) is 22.8 Å². The smallest absolute Gasteiger partial charge is 0.418 e. The number of rotatable bonds is 7. The van der Waals surface area contributed by atoms with Crippen LogP contribution >= 0.6 is 0 Å². The Hall–Kier alpha value is -3.72. The predicted molar refractivity (Wildman–Crippen MR) is 124 cm³/mol. The van der Waals surface area contributed by atoms with Crippen molar-refractivity contribution in [3.05, 3.63) is 41.2 Å². The average Bonchev–Trinajstić information content (AvgIpc) is 3.16. The molecular formula is C24H22F9N5O2. The summed E-state index contributed by atoms with van der Waals surface area (Å²) in [5.74, 6) is -4.46. The SMILES string of the molecule is Cn1c(Nc2c(F)cccc2C(F)(F)F)nc2cc(C(=O)N[C@H]3CC[C@H](C(F)(F)F)CC3)c(OCC(F)F)nc21. The van der Waals surface area contributed by atoms with Crippen molar-refractivity contribution in [1.29, 1.82) is 0 Å². The third-order valence-corrected chi connectivity index (χ3v) is 6.48. The fourth-order valence-electron chi connectivity index (χ4n) is 4.45. The van der Waals surface area contributed by atoms with Crippen LogP contribution in [0, 0.1) is 11.7 Å². The van der Waals surface area contributed by atoms with E-state index in [1.807, 2.05) is 0 Å². The van der Waals surface area contributed by atoms with Gasteiger partial charge in [-0.3, -0.25) is 9.36 Å². The number of nitrogens with one attached hydrogen (secondary N) is 2. The minimum atomic E-state index is -4.91. The Morgan fingerprint density at radius 2 is 1.77 bits per heavy atom. The Balaban J connectivity index is 1.65. The number of hydrogen-bond donors (Lipinski definition) is 2. The van der Waals surface area contributed by atoms with Gasteiger partial charge in [0.15, 0.2) is 12.3 Å². The van der Waals surface area contributed by atoms with Gasteiger partial charge in [0.25, 0.3) is 12.3 Å². The van der Waals surface area contributed by atoms with Gasteiger partial charge in [-0.2, -0.15) is 31.3 Å². The highest BCUT2D eigenvalue weighted by molar-refractivity contribution is 5.99. The maximum absolute atomic E-state index is 14.4. The third kappa shape index (κ3) is 6.36. The standard InChI is InChI=1S/C24H22F9N5O2/c1-38-19-16(35-22(38)36-18-14(24(31,32)33)3-2-4-15(18)25)9-13(21(37-19)40-10-17(26)27)20(39)34-12-7-5-11(6-8-12)23(28,29)30/h2-4,9,11-12,17H,5-8,10H2,1H3,(H,34,39)(H,35,36)/t11-,12-. The van der Waals surface area contributed by atoms with Crippen LogP contribution in [0.25, 0.3) is 11.2 Å². The van der Waals surface area contributed by atoms with Gasteiger partial charge >= 0.3 is 12.4 Å². The number of aryl methyl sites for hydroxylation is 1. The van der Waals surface area contributed by atoms with Crippen LogP contribution in [0.3, 0.4) is 0 Å². The van der Waals surface area contributed by atoms with E-state index in [-0.39, 0.29) is 48.4 Å². The van der Waals surface area contributed by atoms with E-state index in [1.54, 1.807) is 0 Å². The van der Waals surface area contributed by atoms with Crippen molar-refractivity contribution in [1.82, 2.24) is 19.9 Å². The fraction of sp³-hybridized carbons (Fsp3) is 0.458. The molecule has 1 aliphatic rings. The van der Waals surface area contributed by atoms with Crippen molar-refractivity contribution < 1.29 is 49.0 Å². The molecule has 1 aromatic carbocycles. The highest BCUT2D eigenvalue weighted by Gasteiger charge is 2.41. The zero-order valence-electron chi connectivity index (χ0n) is 20.6. The van der Waals surface area contributed by atoms with Crippen LogP contribution in [-0.4, -0.2) is 45.7 Å². The Morgan fingerprint density at radius 1 is 1.10 bits per heavy atom. The summed E-state index contributed by atoms with van der Waals surface area (Å²) < 4.78 is 125. The first kappa shape index (κ1) is 29.3. The lowest BCUT2D eigenvalue weighted by atomic mass is 9.85. The number of alkyl halides is 8. The molecule has 0 radical (unpaired) electrons. The number of amides is 1. The third-order valence-electron chi connectivity index (χ3n) is 6.48. The summed E-state index contributed by atoms with van der Waals surface area (Å²) in [7, 11) is 1.30. The first-order valence-corrected chi connectivity index (χ1v) is 11.9. The highest BCUT2D eigenvalue weighted by atomic mass is 19.4. The van der Waals surface area contributed by atoms with Crippen LogP contribution in [0.2, 0.25) is 0 Å². The molecule has 40 heavy (non-hydrogen) atoms. The van der Waals surface area contributed by atoms with E-state index in [1.165, 1.54) is 7.05 Å². The number of aromatic nitrogens is 3. The van der Waals surface area contributed by atoms with Gasteiger partial charge < -0.3 is 15.4 Å². The van der Waals surface area contributed by atoms with Crippen LogP contribution in [-0.2, 0) is 13.2 Å². The number of carbonyl (C=O) groups is 1. The lowest BCUT2D eigenvalue weighted by Gasteiger charge is -2.30. The molecule has 7 nitrogen and oxygen atoms in total. The number of pyridine rings is 1. The molecule has 0 aliphatic heterocycles. The number of benzene rings is 1. The van der Waals surface area contributed by atoms with Crippen molar-refractivity contribution in [3.63, 3.8) is 0 Å². The lowest BCUT2D eigenvalue weighted by Crippen LogP contribution is -2.40. The molecule has 0 unspecified atom stereocenters. The van der Waals surface area contributed by atoms with Gasteiger partial charge in [-0.25, -0.2) is 18.2 Å². The summed E-state index contributed by atoms with van der Waals surface area (Å²) in [5.41, 5.74) is -2.77. The normalized spacial score (nSPS) is 18.3. The number of nitrogens with zero attached hydrogens (tertiary/aromatic N) is 3. The molecule has 3 aromatic rings. The van der Waals surface area contributed by atoms with E-state index in [4.69, 9.17) is 4.74 Å². The molecule has 1 saturated carbocycles. The van der Waals surface area contributed by atoms with Crippen molar-refractivity contribution >= 4 is 28.7 Å². The highest BCUT2D eigenvalue weighted by Crippen LogP contribution is 2.39. The second-order valence-corrected chi connectivity index (χ2v) is 9.23. The number of fused-ring (bicyclic) bond motifs is 1. The van der Waals surface area contributed by atoms with Crippen molar-refractivity contribution in [3.8, 4) is 5.88 Å². The molecule has 1 amide bonds. The summed E-state index contributed by atoms with van der Waals surface area (Å²) >= 11 is 0. The number of hydrogen-bond acceptors (Lipinski definition) is 5. The molecule has 2 N–H and O–H groups in total. The molecule has 1 aliphatic carbocycles. The topological polar surface area (TPSA) is 81.1 Å². The monoisotopic (exact) mass is 583 g/mol. The number of carbonyl (C=O) groups excluding carboxylic acids is 1. The Morgan fingerprint density at radius 3 is 2.38 bits per heavy atom. The lowest BCUT2D eigenvalue weighted by molar-refractivity contribution is -0.182.